The Morgan fingerprint density at radius 2 is 1.64 bits per heavy atom. The van der Waals surface area contributed by atoms with E-state index in [0.29, 0.717) is 42.1 Å². The van der Waals surface area contributed by atoms with E-state index in [9.17, 15) is 24.3 Å². The summed E-state index contributed by atoms with van der Waals surface area (Å²) in [5.74, 6) is -2.37. The van der Waals surface area contributed by atoms with Crippen molar-refractivity contribution in [3.05, 3.63) is 89.0 Å². The van der Waals surface area contributed by atoms with Gasteiger partial charge in [0.25, 0.3) is 0 Å². The van der Waals surface area contributed by atoms with Crippen molar-refractivity contribution >= 4 is 29.8 Å². The molecule has 12 nitrogen and oxygen atoms in total. The smallest absolute Gasteiger partial charge is 0.339 e. The number of aliphatic hydroxyl groups excluding tert-OH is 1. The molecule has 6 rings (SSSR count). The molecule has 350 valence electrons. The van der Waals surface area contributed by atoms with Gasteiger partial charge >= 0.3 is 11.9 Å². The van der Waals surface area contributed by atoms with Crippen molar-refractivity contribution in [2.45, 2.75) is 185 Å². The second-order valence-electron chi connectivity index (χ2n) is 19.2. The number of amides is 2. The highest BCUT2D eigenvalue weighted by atomic mass is 16.8. The van der Waals surface area contributed by atoms with E-state index in [-0.39, 0.29) is 25.7 Å². The lowest BCUT2D eigenvalue weighted by atomic mass is 9.88. The molecule has 2 heterocycles. The third kappa shape index (κ3) is 13.6. The third-order valence-corrected chi connectivity index (χ3v) is 12.9. The lowest BCUT2D eigenvalue weighted by Gasteiger charge is -2.34. The summed E-state index contributed by atoms with van der Waals surface area (Å²) in [6.07, 6.45) is 15.3. The number of carbonyl (C=O) groups is 4. The topological polar surface area (TPSA) is 153 Å². The van der Waals surface area contributed by atoms with E-state index < -0.39 is 72.1 Å². The lowest BCUT2D eigenvalue weighted by Crippen LogP contribution is -2.53. The third-order valence-electron chi connectivity index (χ3n) is 12.9. The van der Waals surface area contributed by atoms with Crippen LogP contribution in [0.4, 0.5) is 0 Å². The molecule has 0 spiro atoms. The van der Waals surface area contributed by atoms with E-state index in [1.54, 1.807) is 40.0 Å². The molecule has 2 amide bonds. The first-order valence-corrected chi connectivity index (χ1v) is 23.9. The maximum atomic E-state index is 14.8. The Morgan fingerprint density at radius 3 is 2.31 bits per heavy atom. The number of ether oxygens (including phenoxy) is 5. The fourth-order valence-electron chi connectivity index (χ4n) is 9.27. The molecule has 0 bridgehead atoms. The highest BCUT2D eigenvalue weighted by Gasteiger charge is 2.53. The van der Waals surface area contributed by atoms with Gasteiger partial charge in [-0.2, -0.15) is 0 Å². The number of likely N-dealkylation sites (N-methyl/N-ethyl adjacent to an activating group) is 1. The van der Waals surface area contributed by atoms with Crippen molar-refractivity contribution in [1.29, 1.82) is 0 Å². The summed E-state index contributed by atoms with van der Waals surface area (Å²) in [6.45, 7) is 9.25. The number of carbonyl (C=O) groups excluding carboxylic acids is 4. The van der Waals surface area contributed by atoms with Crippen LogP contribution >= 0.6 is 0 Å². The van der Waals surface area contributed by atoms with Crippen LogP contribution in [0.15, 0.2) is 72.3 Å². The Hall–Kier alpha value is -4.36. The Balaban J connectivity index is 1.26. The zero-order valence-corrected chi connectivity index (χ0v) is 38.9. The molecule has 8 atom stereocenters. The van der Waals surface area contributed by atoms with Gasteiger partial charge in [0, 0.05) is 44.7 Å². The van der Waals surface area contributed by atoms with Gasteiger partial charge in [-0.15, -0.1) is 0 Å². The number of benzene rings is 2. The summed E-state index contributed by atoms with van der Waals surface area (Å²) in [5.41, 5.74) is 1.69. The minimum Gasteiger partial charge on any atom is -0.460 e. The summed E-state index contributed by atoms with van der Waals surface area (Å²) < 4.78 is 31.4. The molecule has 2 saturated heterocycles. The number of rotatable bonds is 22. The minimum absolute atomic E-state index is 0.00555. The van der Waals surface area contributed by atoms with Crippen LogP contribution < -0.4 is 5.32 Å². The first-order chi connectivity index (χ1) is 30.7. The zero-order valence-electron chi connectivity index (χ0n) is 38.9. The van der Waals surface area contributed by atoms with Crippen molar-refractivity contribution < 1.29 is 48.0 Å². The molecule has 2 aliphatic carbocycles. The van der Waals surface area contributed by atoms with Gasteiger partial charge in [-0.25, -0.2) is 4.79 Å². The van der Waals surface area contributed by atoms with Crippen LogP contribution in [0.1, 0.15) is 146 Å². The lowest BCUT2D eigenvalue weighted by molar-refractivity contribution is -0.190. The highest BCUT2D eigenvalue weighted by Crippen LogP contribution is 2.44. The van der Waals surface area contributed by atoms with Gasteiger partial charge in [0.2, 0.25) is 11.8 Å². The number of nitrogens with one attached hydrogen (secondary N) is 1. The van der Waals surface area contributed by atoms with Gasteiger partial charge in [0.15, 0.2) is 5.79 Å². The Morgan fingerprint density at radius 1 is 0.938 bits per heavy atom. The van der Waals surface area contributed by atoms with Crippen LogP contribution in [-0.2, 0) is 44.5 Å². The number of aliphatic hydroxyl groups is 1. The van der Waals surface area contributed by atoms with Crippen LogP contribution in [0, 0.1) is 5.92 Å². The summed E-state index contributed by atoms with van der Waals surface area (Å²) in [4.78, 5) is 57.3. The van der Waals surface area contributed by atoms with Crippen molar-refractivity contribution in [3.8, 4) is 0 Å². The molecular formula is C52H72N2O10. The molecule has 2 aromatic rings. The molecule has 8 unspecified atom stereocenters. The van der Waals surface area contributed by atoms with E-state index in [2.05, 4.69) is 25.2 Å². The number of allylic oxidation sites excluding steroid dienone is 1. The second-order valence-corrected chi connectivity index (χ2v) is 19.2. The highest BCUT2D eigenvalue weighted by molar-refractivity contribution is 5.98. The number of hydrogen-bond donors (Lipinski definition) is 2. The molecule has 12 heteroatoms. The molecule has 4 aliphatic rings. The average molecular weight is 885 g/mol. The molecular weight excluding hydrogens is 813 g/mol. The zero-order chi connectivity index (χ0) is 45.9. The summed E-state index contributed by atoms with van der Waals surface area (Å²) in [6, 6.07) is 15.1. The van der Waals surface area contributed by atoms with E-state index >= 15 is 0 Å². The molecule has 0 aromatic heterocycles. The largest absolute Gasteiger partial charge is 0.460 e. The summed E-state index contributed by atoms with van der Waals surface area (Å²) in [5, 5.41) is 13.2. The van der Waals surface area contributed by atoms with Crippen LogP contribution in [0.3, 0.4) is 0 Å². The molecule has 0 radical (unpaired) electrons. The Kier molecular flexibility index (Phi) is 17.4. The fraction of sp³-hybridized carbons (Fsp3) is 0.615. The van der Waals surface area contributed by atoms with E-state index in [1.165, 1.54) is 4.90 Å². The molecule has 3 fully saturated rings. The Bertz CT molecular complexity index is 1930. The van der Waals surface area contributed by atoms with Crippen LogP contribution in [0.5, 0.6) is 0 Å². The summed E-state index contributed by atoms with van der Waals surface area (Å²) in [7, 11) is 1.59. The minimum atomic E-state index is -0.992. The van der Waals surface area contributed by atoms with Crippen LogP contribution in [0.2, 0.25) is 0 Å². The first kappa shape index (κ1) is 49.1. The standard InChI is InChI=1S/C52H72N2O10/c1-7-9-16-28-52(29-17-10-8-2)62-45-33-38(32-44(47(45)64-52)61-50(59)40-21-15-14-20-37(40)24-22-36-23-26-42-43(31-36)60-42)49(58)54(6)41(30-35-18-12-11-13-19-35)48(57)53-39(34-55)25-27-46(56)63-51(3,4)5/h11-15,18-22,24,33,36,39,41-45,47,55H,7-10,16-17,23,25-32,34H2,1-6H3,(H,53,57). The number of esters is 2. The molecule has 1 saturated carbocycles. The SMILES string of the molecule is CCCCCC1(CCCCC)OC2C=C(C(=O)N(C)C(Cc3ccccc3)C(=O)NC(CO)CCC(=O)OC(C)(C)C)CC(OC(=O)c3ccccc3C=CC3CCC4OC4C3)C2O1. The molecule has 2 aliphatic heterocycles. The van der Waals surface area contributed by atoms with Gasteiger partial charge in [0.05, 0.1) is 30.4 Å². The number of unbranched alkanes of at least 4 members (excludes halogenated alkanes) is 4. The number of nitrogens with zero attached hydrogens (tertiary/aromatic N) is 1. The Labute approximate surface area is 380 Å². The van der Waals surface area contributed by atoms with Crippen molar-refractivity contribution in [2.24, 2.45) is 5.92 Å². The molecule has 2 N–H and O–H groups in total. The second kappa shape index (κ2) is 22.7. The van der Waals surface area contributed by atoms with Crippen LogP contribution in [0.25, 0.3) is 6.08 Å². The maximum absolute atomic E-state index is 14.8. The monoisotopic (exact) mass is 885 g/mol. The van der Waals surface area contributed by atoms with Crippen molar-refractivity contribution in [2.75, 3.05) is 13.7 Å². The quantitative estimate of drug-likeness (QED) is 0.0670. The van der Waals surface area contributed by atoms with Gasteiger partial charge in [-0.05, 0) is 88.5 Å². The van der Waals surface area contributed by atoms with E-state index in [1.807, 2.05) is 54.6 Å². The normalized spacial score (nSPS) is 24.5. The molecule has 64 heavy (non-hydrogen) atoms. The van der Waals surface area contributed by atoms with E-state index in [4.69, 9.17) is 23.7 Å². The van der Waals surface area contributed by atoms with Crippen molar-refractivity contribution in [3.63, 3.8) is 0 Å². The average Bonchev–Trinajstić information content (AvgIpc) is 3.96. The first-order valence-electron chi connectivity index (χ1n) is 23.9. The van der Waals surface area contributed by atoms with Gasteiger partial charge in [-0.3, -0.25) is 14.4 Å². The number of fused-ring (bicyclic) bond motifs is 2. The van der Waals surface area contributed by atoms with Crippen LogP contribution in [-0.4, -0.2) is 101 Å². The molecule has 2 aromatic carbocycles. The predicted octanol–water partition coefficient (Wildman–Crippen LogP) is 8.43. The van der Waals surface area contributed by atoms with Crippen molar-refractivity contribution in [1.82, 2.24) is 10.2 Å². The fourth-order valence-corrected chi connectivity index (χ4v) is 9.27. The summed E-state index contributed by atoms with van der Waals surface area (Å²) >= 11 is 0. The maximum Gasteiger partial charge on any atom is 0.339 e. The number of hydrogen-bond acceptors (Lipinski definition) is 10. The van der Waals surface area contributed by atoms with Gasteiger partial charge in [-0.1, -0.05) is 100 Å². The number of epoxide rings is 1. The van der Waals surface area contributed by atoms with E-state index in [0.717, 1.165) is 68.9 Å². The predicted molar refractivity (Wildman–Crippen MR) is 245 cm³/mol. The van der Waals surface area contributed by atoms with Gasteiger partial charge < -0.3 is 39.0 Å². The van der Waals surface area contributed by atoms with Gasteiger partial charge in [0.1, 0.15) is 30.0 Å².